The van der Waals surface area contributed by atoms with Gasteiger partial charge in [-0.15, -0.1) is 0 Å². The summed E-state index contributed by atoms with van der Waals surface area (Å²) in [5, 5.41) is 13.8. The maximum atomic E-state index is 9.17. The van der Waals surface area contributed by atoms with E-state index in [4.69, 9.17) is 4.98 Å². The number of aromatic nitrogens is 3. The molecule has 18 heavy (non-hydrogen) atoms. The van der Waals surface area contributed by atoms with E-state index in [9.17, 15) is 5.11 Å². The fraction of sp³-hybridized carbons (Fsp3) is 0.857. The van der Waals surface area contributed by atoms with Crippen LogP contribution in [0.4, 0.5) is 0 Å². The van der Waals surface area contributed by atoms with Gasteiger partial charge < -0.3 is 5.11 Å². The van der Waals surface area contributed by atoms with Crippen LogP contribution in [0.1, 0.15) is 64.0 Å². The number of rotatable bonds is 3. The van der Waals surface area contributed by atoms with Crippen molar-refractivity contribution < 1.29 is 5.11 Å². The highest BCUT2D eigenvalue weighted by Gasteiger charge is 2.60. The molecule has 4 nitrogen and oxygen atoms in total. The van der Waals surface area contributed by atoms with Crippen molar-refractivity contribution in [2.45, 2.75) is 64.3 Å². The van der Waals surface area contributed by atoms with Crippen LogP contribution < -0.4 is 0 Å². The minimum atomic E-state index is -0.0167. The molecule has 0 aliphatic heterocycles. The largest absolute Gasteiger partial charge is 0.394 e. The Morgan fingerprint density at radius 3 is 2.56 bits per heavy atom. The van der Waals surface area contributed by atoms with Crippen LogP contribution in [0.15, 0.2) is 0 Å². The zero-order chi connectivity index (χ0) is 13.0. The lowest BCUT2D eigenvalue weighted by Crippen LogP contribution is -2.16. The molecule has 0 amide bonds. The van der Waals surface area contributed by atoms with E-state index in [1.165, 1.54) is 25.7 Å². The third kappa shape index (κ3) is 1.78. The molecule has 1 aromatic heterocycles. The van der Waals surface area contributed by atoms with Crippen molar-refractivity contribution in [1.29, 1.82) is 0 Å². The van der Waals surface area contributed by atoms with Gasteiger partial charge in [-0.05, 0) is 24.7 Å². The molecule has 0 unspecified atom stereocenters. The SMILES string of the molecule is CC(C)(C)c1nc([C@H]2CC23CCC3)n(CCO)n1. The van der Waals surface area contributed by atoms with Gasteiger partial charge in [0.25, 0.3) is 0 Å². The van der Waals surface area contributed by atoms with Gasteiger partial charge in [0.1, 0.15) is 5.82 Å². The van der Waals surface area contributed by atoms with E-state index in [1.807, 2.05) is 4.68 Å². The quantitative estimate of drug-likeness (QED) is 0.893. The van der Waals surface area contributed by atoms with E-state index in [1.54, 1.807) is 0 Å². The summed E-state index contributed by atoms with van der Waals surface area (Å²) in [5.41, 5.74) is 0.548. The fourth-order valence-corrected chi connectivity index (χ4v) is 3.09. The summed E-state index contributed by atoms with van der Waals surface area (Å²) >= 11 is 0. The smallest absolute Gasteiger partial charge is 0.156 e. The third-order valence-electron chi connectivity index (χ3n) is 4.53. The van der Waals surface area contributed by atoms with E-state index in [0.29, 0.717) is 17.9 Å². The standard InChI is InChI=1S/C14H23N3O/c1-13(2,3)12-15-11(17(16-12)7-8-18)10-9-14(10)5-4-6-14/h10,18H,4-9H2,1-3H3/t10-/m1/s1. The summed E-state index contributed by atoms with van der Waals surface area (Å²) in [6.07, 6.45) is 5.36. The van der Waals surface area contributed by atoms with Crippen molar-refractivity contribution in [2.24, 2.45) is 5.41 Å². The molecule has 2 fully saturated rings. The number of aliphatic hydroxyl groups excluding tert-OH is 1. The van der Waals surface area contributed by atoms with Gasteiger partial charge in [-0.1, -0.05) is 27.2 Å². The molecule has 0 bridgehead atoms. The summed E-state index contributed by atoms with van der Waals surface area (Å²) in [6, 6.07) is 0. The lowest BCUT2D eigenvalue weighted by molar-refractivity contribution is 0.256. The van der Waals surface area contributed by atoms with Crippen LogP contribution in [-0.4, -0.2) is 26.5 Å². The Hall–Kier alpha value is -0.900. The minimum Gasteiger partial charge on any atom is -0.394 e. The van der Waals surface area contributed by atoms with Crippen molar-refractivity contribution in [1.82, 2.24) is 14.8 Å². The topological polar surface area (TPSA) is 50.9 Å². The number of hydrogen-bond acceptors (Lipinski definition) is 3. The first-order valence-electron chi connectivity index (χ1n) is 7.02. The average Bonchev–Trinajstić information content (AvgIpc) is 2.85. The van der Waals surface area contributed by atoms with Crippen molar-refractivity contribution in [3.63, 3.8) is 0 Å². The van der Waals surface area contributed by atoms with Crippen molar-refractivity contribution >= 4 is 0 Å². The number of nitrogens with zero attached hydrogens (tertiary/aromatic N) is 3. The molecule has 3 rings (SSSR count). The molecule has 0 radical (unpaired) electrons. The second kappa shape index (κ2) is 3.80. The van der Waals surface area contributed by atoms with Crippen molar-refractivity contribution in [2.75, 3.05) is 6.61 Å². The maximum Gasteiger partial charge on any atom is 0.156 e. The summed E-state index contributed by atoms with van der Waals surface area (Å²) in [7, 11) is 0. The molecule has 100 valence electrons. The van der Waals surface area contributed by atoms with E-state index in [0.717, 1.165) is 11.6 Å². The molecule has 2 aliphatic carbocycles. The molecular formula is C14H23N3O. The lowest BCUT2D eigenvalue weighted by Gasteiger charge is -2.26. The summed E-state index contributed by atoms with van der Waals surface area (Å²) in [6.45, 7) is 7.13. The van der Waals surface area contributed by atoms with Gasteiger partial charge >= 0.3 is 0 Å². The van der Waals surface area contributed by atoms with Crippen LogP contribution in [0.3, 0.4) is 0 Å². The predicted octanol–water partition coefficient (Wildman–Crippen LogP) is 2.23. The minimum absolute atomic E-state index is 0.0167. The fourth-order valence-electron chi connectivity index (χ4n) is 3.09. The average molecular weight is 249 g/mol. The maximum absolute atomic E-state index is 9.17. The first-order valence-corrected chi connectivity index (χ1v) is 7.02. The second-order valence-electron chi connectivity index (χ2n) is 6.96. The Labute approximate surface area is 108 Å². The Morgan fingerprint density at radius 1 is 1.39 bits per heavy atom. The third-order valence-corrected chi connectivity index (χ3v) is 4.53. The van der Waals surface area contributed by atoms with E-state index in [2.05, 4.69) is 25.9 Å². The predicted molar refractivity (Wildman–Crippen MR) is 69.4 cm³/mol. The highest BCUT2D eigenvalue weighted by molar-refractivity contribution is 5.23. The van der Waals surface area contributed by atoms with Crippen molar-refractivity contribution in [3.8, 4) is 0 Å². The van der Waals surface area contributed by atoms with Gasteiger partial charge in [-0.2, -0.15) is 5.10 Å². The highest BCUT2D eigenvalue weighted by atomic mass is 16.3. The second-order valence-corrected chi connectivity index (χ2v) is 6.96. The molecule has 1 spiro atoms. The zero-order valence-electron chi connectivity index (χ0n) is 11.6. The zero-order valence-corrected chi connectivity index (χ0v) is 11.6. The molecule has 2 aliphatic rings. The molecule has 0 saturated heterocycles. The van der Waals surface area contributed by atoms with E-state index in [-0.39, 0.29) is 12.0 Å². The summed E-state index contributed by atoms with van der Waals surface area (Å²) in [5.74, 6) is 2.63. The number of hydrogen-bond donors (Lipinski definition) is 1. The Kier molecular flexibility index (Phi) is 2.56. The van der Waals surface area contributed by atoms with E-state index >= 15 is 0 Å². The number of aliphatic hydroxyl groups is 1. The first kappa shape index (κ1) is 12.2. The van der Waals surface area contributed by atoms with Crippen LogP contribution in [0.2, 0.25) is 0 Å². The van der Waals surface area contributed by atoms with Crippen LogP contribution in [0.25, 0.3) is 0 Å². The highest BCUT2D eigenvalue weighted by Crippen LogP contribution is 2.69. The molecule has 0 aromatic carbocycles. The van der Waals surface area contributed by atoms with E-state index < -0.39 is 0 Å². The van der Waals surface area contributed by atoms with Gasteiger partial charge in [0, 0.05) is 11.3 Å². The monoisotopic (exact) mass is 249 g/mol. The van der Waals surface area contributed by atoms with Gasteiger partial charge in [-0.25, -0.2) is 9.67 Å². The lowest BCUT2D eigenvalue weighted by atomic mass is 9.79. The molecular weight excluding hydrogens is 226 g/mol. The normalized spacial score (nSPS) is 25.2. The summed E-state index contributed by atoms with van der Waals surface area (Å²) < 4.78 is 1.94. The Balaban J connectivity index is 1.90. The molecule has 1 aromatic rings. The molecule has 2 saturated carbocycles. The molecule has 4 heteroatoms. The van der Waals surface area contributed by atoms with Crippen LogP contribution in [0, 0.1) is 5.41 Å². The van der Waals surface area contributed by atoms with Crippen molar-refractivity contribution in [3.05, 3.63) is 11.6 Å². The van der Waals surface area contributed by atoms with Crippen LogP contribution in [0.5, 0.6) is 0 Å². The van der Waals surface area contributed by atoms with Crippen LogP contribution in [-0.2, 0) is 12.0 Å². The van der Waals surface area contributed by atoms with Gasteiger partial charge in [0.15, 0.2) is 5.82 Å². The molecule has 1 N–H and O–H groups in total. The van der Waals surface area contributed by atoms with Gasteiger partial charge in [0.05, 0.1) is 13.2 Å². The Bertz CT molecular complexity index is 454. The first-order chi connectivity index (χ1) is 8.46. The van der Waals surface area contributed by atoms with Crippen LogP contribution >= 0.6 is 0 Å². The van der Waals surface area contributed by atoms with Gasteiger partial charge in [-0.3, -0.25) is 0 Å². The molecule has 1 heterocycles. The molecule has 1 atom stereocenters. The Morgan fingerprint density at radius 2 is 2.11 bits per heavy atom. The van der Waals surface area contributed by atoms with Gasteiger partial charge in [0.2, 0.25) is 0 Å². The summed E-state index contributed by atoms with van der Waals surface area (Å²) in [4.78, 5) is 4.78.